The number of halogens is 1. The Kier molecular flexibility index (Phi) is 2.91. The van der Waals surface area contributed by atoms with Crippen molar-refractivity contribution in [3.63, 3.8) is 0 Å². The normalized spacial score (nSPS) is 30.2. The third-order valence-corrected chi connectivity index (χ3v) is 5.04. The predicted molar refractivity (Wildman–Crippen MR) is 70.1 cm³/mol. The molecule has 92 valence electrons. The second kappa shape index (κ2) is 4.29. The Hall–Kier alpha value is -0.540. The van der Waals surface area contributed by atoms with E-state index in [1.54, 1.807) is 0 Å². The molecule has 2 atom stereocenters. The third kappa shape index (κ3) is 1.80. The fraction of sp³-hybridized carbons (Fsp3) is 0.571. The van der Waals surface area contributed by atoms with Crippen LogP contribution in [0.4, 0.5) is 0 Å². The Bertz CT molecular complexity index is 412. The highest BCUT2D eigenvalue weighted by Gasteiger charge is 2.57. The van der Waals surface area contributed by atoms with Gasteiger partial charge in [-0.1, -0.05) is 25.0 Å². The van der Waals surface area contributed by atoms with E-state index in [1.165, 1.54) is 12.8 Å². The molecule has 2 fully saturated rings. The maximum Gasteiger partial charge on any atom is 0.133 e. The molecule has 0 bridgehead atoms. The van der Waals surface area contributed by atoms with Crippen LogP contribution < -0.4 is 4.74 Å². The Morgan fingerprint density at radius 1 is 1.24 bits per heavy atom. The molecule has 0 heterocycles. The van der Waals surface area contributed by atoms with E-state index in [0.29, 0.717) is 0 Å². The lowest BCUT2D eigenvalue weighted by Gasteiger charge is -2.51. The van der Waals surface area contributed by atoms with Crippen molar-refractivity contribution in [1.29, 1.82) is 0 Å². The average molecular weight is 297 g/mol. The second-order valence-corrected chi connectivity index (χ2v) is 6.08. The molecule has 2 nitrogen and oxygen atoms in total. The van der Waals surface area contributed by atoms with Gasteiger partial charge in [0, 0.05) is 11.8 Å². The molecule has 1 spiro atoms. The molecule has 2 unspecified atom stereocenters. The zero-order valence-electron chi connectivity index (χ0n) is 9.73. The van der Waals surface area contributed by atoms with Crippen LogP contribution in [0, 0.1) is 5.41 Å². The summed E-state index contributed by atoms with van der Waals surface area (Å²) >= 11 is 3.50. The Morgan fingerprint density at radius 3 is 2.59 bits per heavy atom. The van der Waals surface area contributed by atoms with Crippen LogP contribution in [0.25, 0.3) is 0 Å². The molecule has 3 heteroatoms. The first kappa shape index (κ1) is 11.5. The molecule has 1 N–H and O–H groups in total. The zero-order valence-corrected chi connectivity index (χ0v) is 11.3. The lowest BCUT2D eigenvalue weighted by atomic mass is 9.62. The minimum atomic E-state index is -0.155. The van der Waals surface area contributed by atoms with Crippen LogP contribution in [0.3, 0.4) is 0 Å². The van der Waals surface area contributed by atoms with E-state index >= 15 is 0 Å². The first-order valence-corrected chi connectivity index (χ1v) is 7.11. The summed E-state index contributed by atoms with van der Waals surface area (Å²) in [5.74, 6) is 0.899. The highest BCUT2D eigenvalue weighted by atomic mass is 79.9. The fourth-order valence-electron chi connectivity index (χ4n) is 3.27. The van der Waals surface area contributed by atoms with Gasteiger partial charge in [0.25, 0.3) is 0 Å². The number of hydrogen-bond acceptors (Lipinski definition) is 2. The number of hydrogen-bond donors (Lipinski definition) is 1. The summed E-state index contributed by atoms with van der Waals surface area (Å²) in [6, 6.07) is 7.94. The molecule has 0 aliphatic heterocycles. The smallest absolute Gasteiger partial charge is 0.133 e. The SMILES string of the molecule is OC1CC(Oc2ccccc2Br)C12CCCC2. The van der Waals surface area contributed by atoms with E-state index in [4.69, 9.17) is 4.74 Å². The van der Waals surface area contributed by atoms with Crippen molar-refractivity contribution in [2.45, 2.75) is 44.3 Å². The molecule has 0 radical (unpaired) electrons. The Labute approximate surface area is 110 Å². The first-order valence-electron chi connectivity index (χ1n) is 6.32. The molecule has 3 rings (SSSR count). The Morgan fingerprint density at radius 2 is 1.94 bits per heavy atom. The van der Waals surface area contributed by atoms with Gasteiger partial charge in [-0.25, -0.2) is 0 Å². The highest BCUT2D eigenvalue weighted by molar-refractivity contribution is 9.10. The molecule has 1 aromatic rings. The van der Waals surface area contributed by atoms with Gasteiger partial charge in [0.2, 0.25) is 0 Å². The maximum atomic E-state index is 10.0. The third-order valence-electron chi connectivity index (χ3n) is 4.38. The van der Waals surface area contributed by atoms with Crippen LogP contribution >= 0.6 is 15.9 Å². The van der Waals surface area contributed by atoms with Gasteiger partial charge in [0.05, 0.1) is 10.6 Å². The summed E-state index contributed by atoms with van der Waals surface area (Å²) in [6.45, 7) is 0. The predicted octanol–water partition coefficient (Wildman–Crippen LogP) is 3.52. The van der Waals surface area contributed by atoms with Crippen molar-refractivity contribution in [1.82, 2.24) is 0 Å². The van der Waals surface area contributed by atoms with Gasteiger partial charge in [-0.05, 0) is 40.9 Å². The van der Waals surface area contributed by atoms with Crippen molar-refractivity contribution in [2.75, 3.05) is 0 Å². The van der Waals surface area contributed by atoms with E-state index in [2.05, 4.69) is 15.9 Å². The summed E-state index contributed by atoms with van der Waals surface area (Å²) in [5, 5.41) is 10.0. The number of aliphatic hydroxyl groups excluding tert-OH is 1. The van der Waals surface area contributed by atoms with Crippen molar-refractivity contribution in [3.05, 3.63) is 28.7 Å². The van der Waals surface area contributed by atoms with Crippen LogP contribution in [0.1, 0.15) is 32.1 Å². The summed E-state index contributed by atoms with van der Waals surface area (Å²) in [5.41, 5.74) is 0.0509. The van der Waals surface area contributed by atoms with Gasteiger partial charge in [-0.2, -0.15) is 0 Å². The number of rotatable bonds is 2. The molecule has 0 saturated heterocycles. The molecule has 1 aromatic carbocycles. The monoisotopic (exact) mass is 296 g/mol. The number of ether oxygens (including phenoxy) is 1. The van der Waals surface area contributed by atoms with E-state index < -0.39 is 0 Å². The zero-order chi connectivity index (χ0) is 11.9. The molecule has 17 heavy (non-hydrogen) atoms. The number of aliphatic hydroxyl groups is 1. The summed E-state index contributed by atoms with van der Waals surface area (Å²) in [4.78, 5) is 0. The largest absolute Gasteiger partial charge is 0.488 e. The van der Waals surface area contributed by atoms with Gasteiger partial charge < -0.3 is 9.84 Å². The van der Waals surface area contributed by atoms with E-state index in [9.17, 15) is 5.11 Å². The minimum Gasteiger partial charge on any atom is -0.488 e. The first-order chi connectivity index (χ1) is 8.22. The quantitative estimate of drug-likeness (QED) is 0.905. The molecule has 0 amide bonds. The van der Waals surface area contributed by atoms with E-state index in [1.807, 2.05) is 24.3 Å². The van der Waals surface area contributed by atoms with Gasteiger partial charge in [0.15, 0.2) is 0 Å². The number of para-hydroxylation sites is 1. The van der Waals surface area contributed by atoms with Crippen LogP contribution in [0.2, 0.25) is 0 Å². The lowest BCUT2D eigenvalue weighted by molar-refractivity contribution is -0.152. The van der Waals surface area contributed by atoms with Gasteiger partial charge in [-0.3, -0.25) is 0 Å². The number of benzene rings is 1. The molecular formula is C14H17BrO2. The molecule has 0 aromatic heterocycles. The average Bonchev–Trinajstić information content (AvgIpc) is 2.83. The van der Waals surface area contributed by atoms with Crippen molar-refractivity contribution >= 4 is 15.9 Å². The highest BCUT2D eigenvalue weighted by Crippen LogP contribution is 2.54. The van der Waals surface area contributed by atoms with Crippen LogP contribution in [0.15, 0.2) is 28.7 Å². The maximum absolute atomic E-state index is 10.0. The fourth-order valence-corrected chi connectivity index (χ4v) is 3.65. The summed E-state index contributed by atoms with van der Waals surface area (Å²) < 4.78 is 7.08. The van der Waals surface area contributed by atoms with Crippen LogP contribution in [-0.4, -0.2) is 17.3 Å². The van der Waals surface area contributed by atoms with Crippen LogP contribution in [0.5, 0.6) is 5.75 Å². The van der Waals surface area contributed by atoms with E-state index in [0.717, 1.165) is 29.5 Å². The molecule has 2 saturated carbocycles. The van der Waals surface area contributed by atoms with Crippen molar-refractivity contribution in [3.8, 4) is 5.75 Å². The van der Waals surface area contributed by atoms with E-state index in [-0.39, 0.29) is 17.6 Å². The van der Waals surface area contributed by atoms with Crippen molar-refractivity contribution in [2.24, 2.45) is 5.41 Å². The van der Waals surface area contributed by atoms with Crippen LogP contribution in [-0.2, 0) is 0 Å². The molecule has 2 aliphatic carbocycles. The molecular weight excluding hydrogens is 280 g/mol. The minimum absolute atomic E-state index is 0.0509. The van der Waals surface area contributed by atoms with Crippen molar-refractivity contribution < 1.29 is 9.84 Å². The topological polar surface area (TPSA) is 29.5 Å². The van der Waals surface area contributed by atoms with Gasteiger partial charge in [0.1, 0.15) is 11.9 Å². The summed E-state index contributed by atoms with van der Waals surface area (Å²) in [7, 11) is 0. The second-order valence-electron chi connectivity index (χ2n) is 5.23. The standard InChI is InChI=1S/C14H17BrO2/c15-10-5-1-2-6-11(10)17-13-9-12(16)14(13)7-3-4-8-14/h1-2,5-6,12-13,16H,3-4,7-9H2. The Balaban J connectivity index is 1.77. The lowest BCUT2D eigenvalue weighted by Crippen LogP contribution is -2.58. The van der Waals surface area contributed by atoms with Gasteiger partial charge in [-0.15, -0.1) is 0 Å². The summed E-state index contributed by atoms with van der Waals surface area (Å²) in [6.07, 6.45) is 5.50. The molecule has 2 aliphatic rings. The van der Waals surface area contributed by atoms with Gasteiger partial charge >= 0.3 is 0 Å².